The Kier molecular flexibility index (Phi) is 13.8. The Bertz CT molecular complexity index is 696. The van der Waals surface area contributed by atoms with E-state index < -0.39 is 9.84 Å². The van der Waals surface area contributed by atoms with E-state index in [9.17, 15) is 8.42 Å². The van der Waals surface area contributed by atoms with Gasteiger partial charge in [-0.1, -0.05) is 12.1 Å². The summed E-state index contributed by atoms with van der Waals surface area (Å²) >= 11 is 0. The summed E-state index contributed by atoms with van der Waals surface area (Å²) in [5.74, 6) is 0.830. The van der Waals surface area contributed by atoms with Crippen LogP contribution in [0.3, 0.4) is 0 Å². The normalized spacial score (nSPS) is 12.4. The highest BCUT2D eigenvalue weighted by atomic mass is 127. The van der Waals surface area contributed by atoms with Gasteiger partial charge in [0.1, 0.15) is 0 Å². The lowest BCUT2D eigenvalue weighted by molar-refractivity contribution is 0.174. The molecule has 0 radical (unpaired) electrons. The zero-order valence-corrected chi connectivity index (χ0v) is 21.9. The second-order valence-electron chi connectivity index (χ2n) is 7.63. The molecule has 1 aromatic carbocycles. The van der Waals surface area contributed by atoms with Crippen LogP contribution in [0.4, 0.5) is 0 Å². The van der Waals surface area contributed by atoms with E-state index in [1.165, 1.54) is 6.26 Å². The molecule has 0 aromatic heterocycles. The van der Waals surface area contributed by atoms with Crippen molar-refractivity contribution in [3.05, 3.63) is 29.8 Å². The predicted molar refractivity (Wildman–Crippen MR) is 134 cm³/mol. The standard InChI is InChI=1S/C21H38N4O2S.HI/c1-7-22-21(23-14-8-16-25(17(2)3)18(4)5)24-15-13-19-9-11-20(12-10-19)28(6,26)27;/h9-12,17-18H,7-8,13-16H2,1-6H3,(H2,22,23,24);1H. The SMILES string of the molecule is CCNC(=NCCCN(C(C)C)C(C)C)NCCc1ccc(S(C)(=O)=O)cc1.I. The molecule has 0 heterocycles. The average molecular weight is 539 g/mol. The second-order valence-corrected chi connectivity index (χ2v) is 9.65. The van der Waals surface area contributed by atoms with E-state index in [0.717, 1.165) is 50.5 Å². The van der Waals surface area contributed by atoms with E-state index in [-0.39, 0.29) is 24.0 Å². The molecule has 0 amide bonds. The van der Waals surface area contributed by atoms with Gasteiger partial charge < -0.3 is 10.6 Å². The molecule has 0 bridgehead atoms. The molecular weight excluding hydrogens is 499 g/mol. The smallest absolute Gasteiger partial charge is 0.191 e. The predicted octanol–water partition coefficient (Wildman–Crippen LogP) is 3.31. The fourth-order valence-electron chi connectivity index (χ4n) is 3.13. The molecule has 0 saturated heterocycles. The Balaban J connectivity index is 0.00000784. The quantitative estimate of drug-likeness (QED) is 0.196. The molecule has 0 atom stereocenters. The van der Waals surface area contributed by atoms with Crippen molar-refractivity contribution >= 4 is 39.8 Å². The maximum atomic E-state index is 11.5. The second kappa shape index (κ2) is 14.2. The van der Waals surface area contributed by atoms with Crippen LogP contribution in [-0.2, 0) is 16.3 Å². The van der Waals surface area contributed by atoms with E-state index in [1.807, 2.05) is 12.1 Å². The number of halogens is 1. The van der Waals surface area contributed by atoms with Gasteiger partial charge in [0.25, 0.3) is 0 Å². The van der Waals surface area contributed by atoms with E-state index >= 15 is 0 Å². The van der Waals surface area contributed by atoms with Crippen LogP contribution >= 0.6 is 24.0 Å². The first kappa shape index (κ1) is 28.1. The van der Waals surface area contributed by atoms with Crippen molar-refractivity contribution in [1.29, 1.82) is 0 Å². The fraction of sp³-hybridized carbons (Fsp3) is 0.667. The molecule has 0 unspecified atom stereocenters. The van der Waals surface area contributed by atoms with Gasteiger partial charge in [-0.15, -0.1) is 24.0 Å². The van der Waals surface area contributed by atoms with Crippen LogP contribution in [0.25, 0.3) is 0 Å². The highest BCUT2D eigenvalue weighted by Gasteiger charge is 2.12. The first-order chi connectivity index (χ1) is 13.1. The summed E-state index contributed by atoms with van der Waals surface area (Å²) < 4.78 is 23.0. The van der Waals surface area contributed by atoms with Crippen LogP contribution in [0.5, 0.6) is 0 Å². The van der Waals surface area contributed by atoms with Gasteiger partial charge >= 0.3 is 0 Å². The molecule has 0 spiro atoms. The molecule has 0 fully saturated rings. The third-order valence-corrected chi connectivity index (χ3v) is 5.70. The van der Waals surface area contributed by atoms with E-state index in [1.54, 1.807) is 12.1 Å². The van der Waals surface area contributed by atoms with Crippen LogP contribution in [0, 0.1) is 0 Å². The zero-order chi connectivity index (χ0) is 21.2. The van der Waals surface area contributed by atoms with Crippen LogP contribution in [0.2, 0.25) is 0 Å². The molecule has 1 aromatic rings. The van der Waals surface area contributed by atoms with Gasteiger partial charge in [0.15, 0.2) is 15.8 Å². The molecule has 6 nitrogen and oxygen atoms in total. The summed E-state index contributed by atoms with van der Waals surface area (Å²) in [6.07, 6.45) is 3.06. The molecular formula is C21H39IN4O2S. The summed E-state index contributed by atoms with van der Waals surface area (Å²) in [7, 11) is -3.14. The van der Waals surface area contributed by atoms with Crippen LogP contribution in [0.15, 0.2) is 34.2 Å². The van der Waals surface area contributed by atoms with Crippen molar-refractivity contribution in [1.82, 2.24) is 15.5 Å². The summed E-state index contributed by atoms with van der Waals surface area (Å²) in [6.45, 7) is 14.4. The summed E-state index contributed by atoms with van der Waals surface area (Å²) in [4.78, 5) is 7.51. The minimum absolute atomic E-state index is 0. The van der Waals surface area contributed by atoms with Gasteiger partial charge in [0.05, 0.1) is 4.90 Å². The van der Waals surface area contributed by atoms with E-state index in [2.05, 4.69) is 55.1 Å². The molecule has 1 rings (SSSR count). The monoisotopic (exact) mass is 538 g/mol. The molecule has 29 heavy (non-hydrogen) atoms. The van der Waals surface area contributed by atoms with Crippen molar-refractivity contribution in [2.45, 2.75) is 64.4 Å². The van der Waals surface area contributed by atoms with Gasteiger partial charge in [-0.2, -0.15) is 0 Å². The van der Waals surface area contributed by atoms with Crippen molar-refractivity contribution in [3.63, 3.8) is 0 Å². The molecule has 0 aliphatic rings. The summed E-state index contributed by atoms with van der Waals surface area (Å²) in [6, 6.07) is 8.16. The number of hydrogen-bond donors (Lipinski definition) is 2. The fourth-order valence-corrected chi connectivity index (χ4v) is 3.76. The lowest BCUT2D eigenvalue weighted by Crippen LogP contribution is -2.39. The van der Waals surface area contributed by atoms with Crippen LogP contribution in [0.1, 0.15) is 46.6 Å². The Hall–Kier alpha value is -0.870. The maximum absolute atomic E-state index is 11.5. The number of guanidine groups is 1. The Labute approximate surface area is 194 Å². The van der Waals surface area contributed by atoms with Crippen molar-refractivity contribution in [2.24, 2.45) is 4.99 Å². The first-order valence-corrected chi connectivity index (χ1v) is 12.1. The van der Waals surface area contributed by atoms with E-state index in [0.29, 0.717) is 17.0 Å². The van der Waals surface area contributed by atoms with Gasteiger partial charge in [0.2, 0.25) is 0 Å². The Morgan fingerprint density at radius 2 is 1.66 bits per heavy atom. The first-order valence-electron chi connectivity index (χ1n) is 10.2. The van der Waals surface area contributed by atoms with Gasteiger partial charge in [-0.25, -0.2) is 8.42 Å². The van der Waals surface area contributed by atoms with Gasteiger partial charge in [0, 0.05) is 44.5 Å². The van der Waals surface area contributed by atoms with Gasteiger partial charge in [-0.05, 0) is 65.2 Å². The Morgan fingerprint density at radius 3 is 2.14 bits per heavy atom. The lowest BCUT2D eigenvalue weighted by Gasteiger charge is -2.30. The highest BCUT2D eigenvalue weighted by Crippen LogP contribution is 2.10. The highest BCUT2D eigenvalue weighted by molar-refractivity contribution is 14.0. The number of aliphatic imine (C=N–C) groups is 1. The molecule has 0 aliphatic carbocycles. The topological polar surface area (TPSA) is 73.8 Å². The number of nitrogens with zero attached hydrogens (tertiary/aromatic N) is 2. The molecule has 8 heteroatoms. The summed E-state index contributed by atoms with van der Waals surface area (Å²) in [5.41, 5.74) is 1.10. The largest absolute Gasteiger partial charge is 0.357 e. The number of hydrogen-bond acceptors (Lipinski definition) is 4. The number of nitrogens with one attached hydrogen (secondary N) is 2. The number of rotatable bonds is 11. The third-order valence-electron chi connectivity index (χ3n) is 4.57. The number of benzene rings is 1. The van der Waals surface area contributed by atoms with E-state index in [4.69, 9.17) is 0 Å². The van der Waals surface area contributed by atoms with Crippen molar-refractivity contribution in [2.75, 3.05) is 32.4 Å². The summed E-state index contributed by atoms with van der Waals surface area (Å²) in [5, 5.41) is 6.63. The molecule has 0 aliphatic heterocycles. The zero-order valence-electron chi connectivity index (χ0n) is 18.7. The van der Waals surface area contributed by atoms with Crippen LogP contribution in [-0.4, -0.2) is 63.8 Å². The average Bonchev–Trinajstić information content (AvgIpc) is 2.60. The lowest BCUT2D eigenvalue weighted by atomic mass is 10.1. The van der Waals surface area contributed by atoms with Crippen LogP contribution < -0.4 is 10.6 Å². The third kappa shape index (κ3) is 11.2. The van der Waals surface area contributed by atoms with Crippen molar-refractivity contribution in [3.8, 4) is 0 Å². The molecule has 2 N–H and O–H groups in total. The Morgan fingerprint density at radius 1 is 1.07 bits per heavy atom. The molecule has 168 valence electrons. The maximum Gasteiger partial charge on any atom is 0.191 e. The van der Waals surface area contributed by atoms with Crippen molar-refractivity contribution < 1.29 is 8.42 Å². The number of sulfone groups is 1. The van der Waals surface area contributed by atoms with Gasteiger partial charge in [-0.3, -0.25) is 9.89 Å². The molecule has 0 saturated carbocycles. The minimum atomic E-state index is -3.14. The minimum Gasteiger partial charge on any atom is -0.357 e.